The van der Waals surface area contributed by atoms with Gasteiger partial charge in [0.05, 0.1) is 6.61 Å². The van der Waals surface area contributed by atoms with Crippen LogP contribution in [-0.2, 0) is 9.53 Å². The monoisotopic (exact) mass is 508 g/mol. The van der Waals surface area contributed by atoms with Gasteiger partial charge < -0.3 is 19.4 Å². The van der Waals surface area contributed by atoms with Crippen LogP contribution >= 0.6 is 0 Å². The van der Waals surface area contributed by atoms with Gasteiger partial charge in [-0.1, -0.05) is 17.7 Å². The van der Waals surface area contributed by atoms with Crippen LogP contribution in [-0.4, -0.2) is 102 Å². The molecule has 3 fully saturated rings. The van der Waals surface area contributed by atoms with Crippen molar-refractivity contribution >= 4 is 17.7 Å². The highest BCUT2D eigenvalue weighted by molar-refractivity contribution is 5.98. The van der Waals surface area contributed by atoms with E-state index in [2.05, 4.69) is 4.90 Å². The van der Waals surface area contributed by atoms with Crippen molar-refractivity contribution in [3.8, 4) is 0 Å². The van der Waals surface area contributed by atoms with Crippen LogP contribution in [0.15, 0.2) is 48.5 Å². The van der Waals surface area contributed by atoms with Crippen LogP contribution in [0.1, 0.15) is 39.1 Å². The minimum atomic E-state index is -0.998. The molecule has 0 radical (unpaired) electrons. The van der Waals surface area contributed by atoms with Gasteiger partial charge in [-0.05, 0) is 50.4 Å². The molecule has 3 heterocycles. The quantitative estimate of drug-likeness (QED) is 0.637. The molecule has 0 aliphatic carbocycles. The highest BCUT2D eigenvalue weighted by atomic mass is 19.1. The lowest BCUT2D eigenvalue weighted by Gasteiger charge is -2.45. The molecule has 0 N–H and O–H groups in total. The molecule has 5 rings (SSSR count). The number of piperazine rings is 1. The second kappa shape index (κ2) is 10.2. The lowest BCUT2D eigenvalue weighted by atomic mass is 9.95. The van der Waals surface area contributed by atoms with Gasteiger partial charge in [-0.2, -0.15) is 0 Å². The molecule has 37 heavy (non-hydrogen) atoms. The molecule has 0 aromatic heterocycles. The molecular weight excluding hydrogens is 475 g/mol. The zero-order valence-electron chi connectivity index (χ0n) is 21.4. The fourth-order valence-corrected chi connectivity index (χ4v) is 5.46. The number of carbonyl (C=O) groups excluding carboxylic acids is 3. The molecule has 9 heteroatoms. The molecule has 1 unspecified atom stereocenters. The van der Waals surface area contributed by atoms with Crippen LogP contribution in [0.25, 0.3) is 0 Å². The molecule has 0 saturated carbocycles. The van der Waals surface area contributed by atoms with Crippen LogP contribution in [0.5, 0.6) is 0 Å². The molecule has 3 amide bonds. The van der Waals surface area contributed by atoms with Crippen molar-refractivity contribution in [1.82, 2.24) is 19.6 Å². The average Bonchev–Trinajstić information content (AvgIpc) is 3.27. The van der Waals surface area contributed by atoms with E-state index in [1.54, 1.807) is 14.7 Å². The normalized spacial score (nSPS) is 21.9. The number of likely N-dealkylation sites (tertiary alicyclic amines) is 1. The van der Waals surface area contributed by atoms with E-state index in [1.807, 2.05) is 38.2 Å². The van der Waals surface area contributed by atoms with Crippen LogP contribution in [0, 0.1) is 12.7 Å². The second-order valence-corrected chi connectivity index (χ2v) is 10.2. The summed E-state index contributed by atoms with van der Waals surface area (Å²) in [6.45, 7) is 5.60. The Kier molecular flexibility index (Phi) is 7.00. The summed E-state index contributed by atoms with van der Waals surface area (Å²) in [5, 5.41) is 0. The summed E-state index contributed by atoms with van der Waals surface area (Å²) in [7, 11) is 2.02. The SMILES string of the molecule is Cc1ccc(C(=O)N2CCC3(CC2)OCC(C(=O)N2CCN(C)CC2)N3C(=O)c2ccc(F)cc2)cc1. The Morgan fingerprint density at radius 2 is 1.38 bits per heavy atom. The van der Waals surface area contributed by atoms with E-state index in [0.29, 0.717) is 50.1 Å². The Morgan fingerprint density at radius 1 is 0.811 bits per heavy atom. The standard InChI is InChI=1S/C28H33FN4O4/c1-20-3-5-21(6-4-20)25(34)31-13-11-28(12-14-31)33(26(35)22-7-9-23(29)10-8-22)24(19-37-28)27(36)32-17-15-30(2)16-18-32/h3-10,24H,11-19H2,1-2H3. The third kappa shape index (κ3) is 4.98. The first-order valence-corrected chi connectivity index (χ1v) is 12.8. The van der Waals surface area contributed by atoms with E-state index >= 15 is 0 Å². The summed E-state index contributed by atoms with van der Waals surface area (Å²) < 4.78 is 19.9. The number of halogens is 1. The number of carbonyl (C=O) groups is 3. The van der Waals surface area contributed by atoms with Gasteiger partial charge in [-0.15, -0.1) is 0 Å². The molecule has 0 bridgehead atoms. The molecule has 3 aliphatic heterocycles. The van der Waals surface area contributed by atoms with Gasteiger partial charge in [0, 0.05) is 63.2 Å². The van der Waals surface area contributed by atoms with Gasteiger partial charge in [-0.3, -0.25) is 19.3 Å². The molecular formula is C28H33FN4O4. The number of ether oxygens (including phenoxy) is 1. The number of hydrogen-bond donors (Lipinski definition) is 0. The third-order valence-corrected chi connectivity index (χ3v) is 7.80. The van der Waals surface area contributed by atoms with Gasteiger partial charge in [0.2, 0.25) is 5.91 Å². The highest BCUT2D eigenvalue weighted by Gasteiger charge is 2.55. The number of nitrogens with zero attached hydrogens (tertiary/aromatic N) is 4. The zero-order valence-corrected chi connectivity index (χ0v) is 21.4. The molecule has 2 aromatic carbocycles. The fraction of sp³-hybridized carbons (Fsp3) is 0.464. The van der Waals surface area contributed by atoms with E-state index in [4.69, 9.17) is 4.74 Å². The summed E-state index contributed by atoms with van der Waals surface area (Å²) in [6, 6.07) is 12.1. The number of benzene rings is 2. The molecule has 1 spiro atoms. The number of rotatable bonds is 3. The van der Waals surface area contributed by atoms with Crippen molar-refractivity contribution in [1.29, 1.82) is 0 Å². The summed E-state index contributed by atoms with van der Waals surface area (Å²) >= 11 is 0. The van der Waals surface area contributed by atoms with Crippen LogP contribution in [0.4, 0.5) is 4.39 Å². The van der Waals surface area contributed by atoms with E-state index in [1.165, 1.54) is 24.3 Å². The molecule has 2 aromatic rings. The summed E-state index contributed by atoms with van der Waals surface area (Å²) in [5.41, 5.74) is 1.01. The predicted octanol–water partition coefficient (Wildman–Crippen LogP) is 2.38. The molecule has 196 valence electrons. The van der Waals surface area contributed by atoms with Crippen LogP contribution in [0.3, 0.4) is 0 Å². The van der Waals surface area contributed by atoms with E-state index in [9.17, 15) is 18.8 Å². The minimum Gasteiger partial charge on any atom is -0.353 e. The number of aryl methyl sites for hydroxylation is 1. The van der Waals surface area contributed by atoms with Crippen molar-refractivity contribution in [3.63, 3.8) is 0 Å². The van der Waals surface area contributed by atoms with Gasteiger partial charge in [0.25, 0.3) is 11.8 Å². The van der Waals surface area contributed by atoms with Crippen molar-refractivity contribution < 1.29 is 23.5 Å². The summed E-state index contributed by atoms with van der Waals surface area (Å²) in [4.78, 5) is 47.9. The zero-order chi connectivity index (χ0) is 26.2. The van der Waals surface area contributed by atoms with Crippen molar-refractivity contribution in [2.45, 2.75) is 31.5 Å². The predicted molar refractivity (Wildman–Crippen MR) is 135 cm³/mol. The number of hydrogen-bond acceptors (Lipinski definition) is 5. The van der Waals surface area contributed by atoms with Crippen molar-refractivity contribution in [2.75, 3.05) is 52.9 Å². The molecule has 3 saturated heterocycles. The van der Waals surface area contributed by atoms with Crippen LogP contribution < -0.4 is 0 Å². The highest BCUT2D eigenvalue weighted by Crippen LogP contribution is 2.39. The van der Waals surface area contributed by atoms with Gasteiger partial charge >= 0.3 is 0 Å². The Balaban J connectivity index is 1.38. The molecule has 8 nitrogen and oxygen atoms in total. The molecule has 3 aliphatic rings. The Morgan fingerprint density at radius 3 is 2.00 bits per heavy atom. The number of piperidine rings is 1. The maximum Gasteiger partial charge on any atom is 0.256 e. The van der Waals surface area contributed by atoms with Gasteiger partial charge in [-0.25, -0.2) is 4.39 Å². The largest absolute Gasteiger partial charge is 0.353 e. The first kappa shape index (κ1) is 25.4. The topological polar surface area (TPSA) is 73.4 Å². The maximum absolute atomic E-state index is 13.8. The Bertz CT molecular complexity index is 1150. The summed E-state index contributed by atoms with van der Waals surface area (Å²) in [6.07, 6.45) is 0.786. The van der Waals surface area contributed by atoms with Crippen molar-refractivity contribution in [3.05, 3.63) is 71.0 Å². The van der Waals surface area contributed by atoms with E-state index < -0.39 is 17.6 Å². The van der Waals surface area contributed by atoms with Gasteiger partial charge in [0.15, 0.2) is 0 Å². The van der Waals surface area contributed by atoms with Crippen LogP contribution in [0.2, 0.25) is 0 Å². The molecule has 1 atom stereocenters. The first-order valence-electron chi connectivity index (χ1n) is 12.8. The fourth-order valence-electron chi connectivity index (χ4n) is 5.46. The lowest BCUT2D eigenvalue weighted by Crippen LogP contribution is -2.61. The van der Waals surface area contributed by atoms with E-state index in [0.717, 1.165) is 18.7 Å². The van der Waals surface area contributed by atoms with Crippen molar-refractivity contribution in [2.24, 2.45) is 0 Å². The Hall–Kier alpha value is -3.30. The van der Waals surface area contributed by atoms with Gasteiger partial charge in [0.1, 0.15) is 17.6 Å². The smallest absolute Gasteiger partial charge is 0.256 e. The first-order chi connectivity index (χ1) is 17.8. The van der Waals surface area contributed by atoms with E-state index in [-0.39, 0.29) is 24.3 Å². The average molecular weight is 509 g/mol. The number of likely N-dealkylation sites (N-methyl/N-ethyl adjacent to an activating group) is 1. The summed E-state index contributed by atoms with van der Waals surface area (Å²) in [5.74, 6) is -0.979. The second-order valence-electron chi connectivity index (χ2n) is 10.2. The maximum atomic E-state index is 13.8. The lowest BCUT2D eigenvalue weighted by molar-refractivity contribution is -0.139. The number of amides is 3. The third-order valence-electron chi connectivity index (χ3n) is 7.80. The minimum absolute atomic E-state index is 0.0608. The Labute approximate surface area is 216 Å².